The zero-order valence-electron chi connectivity index (χ0n) is 15.3. The number of azide groups is 1. The minimum Gasteiger partial charge on any atom is -0.480 e. The molecule has 12 heteroatoms. The first-order chi connectivity index (χ1) is 12.9. The van der Waals surface area contributed by atoms with Crippen molar-refractivity contribution in [2.75, 3.05) is 72.0 Å². The average molecular weight is 385 g/mol. The number of nitrogens with one attached hydrogen (secondary N) is 1. The van der Waals surface area contributed by atoms with Crippen LogP contribution in [0.4, 0.5) is 0 Å². The van der Waals surface area contributed by atoms with Gasteiger partial charge in [0.05, 0.1) is 19.6 Å². The highest BCUT2D eigenvalue weighted by Gasteiger charge is 2.20. The molecule has 0 aromatic carbocycles. The SMILES string of the molecule is [N-]=[N+]=NCCCNC(=O)CN1CCN(CC(=O)O)CCN(CC(=O)O)CC1. The molecule has 0 radical (unpaired) electrons. The van der Waals surface area contributed by atoms with E-state index in [0.717, 1.165) is 0 Å². The third-order valence-corrected chi connectivity index (χ3v) is 4.10. The predicted octanol–water partition coefficient (Wildman–Crippen LogP) is -1.11. The van der Waals surface area contributed by atoms with Gasteiger partial charge in [-0.15, -0.1) is 0 Å². The molecule has 1 aliphatic rings. The molecule has 0 aromatic rings. The fourth-order valence-electron chi connectivity index (χ4n) is 2.72. The number of aliphatic carboxylic acids is 2. The second kappa shape index (κ2) is 12.9. The third-order valence-electron chi connectivity index (χ3n) is 4.10. The Morgan fingerprint density at radius 2 is 1.33 bits per heavy atom. The van der Waals surface area contributed by atoms with Crippen molar-refractivity contribution in [2.24, 2.45) is 5.11 Å². The molecular formula is C15H27N7O5. The Labute approximate surface area is 157 Å². The van der Waals surface area contributed by atoms with Crippen molar-refractivity contribution < 1.29 is 24.6 Å². The van der Waals surface area contributed by atoms with Crippen molar-refractivity contribution in [3.05, 3.63) is 10.4 Å². The third kappa shape index (κ3) is 11.0. The Balaban J connectivity index is 2.57. The van der Waals surface area contributed by atoms with E-state index in [1.54, 1.807) is 9.80 Å². The molecule has 1 aliphatic heterocycles. The molecular weight excluding hydrogens is 358 g/mol. The fraction of sp³-hybridized carbons (Fsp3) is 0.800. The first-order valence-corrected chi connectivity index (χ1v) is 8.79. The summed E-state index contributed by atoms with van der Waals surface area (Å²) in [5.74, 6) is -2.06. The monoisotopic (exact) mass is 385 g/mol. The van der Waals surface area contributed by atoms with E-state index < -0.39 is 11.9 Å². The van der Waals surface area contributed by atoms with Crippen molar-refractivity contribution in [1.82, 2.24) is 20.0 Å². The second-order valence-corrected chi connectivity index (χ2v) is 6.27. The molecule has 152 valence electrons. The van der Waals surface area contributed by atoms with Crippen LogP contribution in [0.1, 0.15) is 6.42 Å². The molecule has 0 bridgehead atoms. The number of rotatable bonds is 10. The molecule has 1 heterocycles. The van der Waals surface area contributed by atoms with Gasteiger partial charge in [-0.2, -0.15) is 0 Å². The molecule has 1 fully saturated rings. The Hall–Kier alpha value is -2.40. The van der Waals surface area contributed by atoms with Gasteiger partial charge >= 0.3 is 11.9 Å². The maximum atomic E-state index is 12.1. The van der Waals surface area contributed by atoms with Crippen LogP contribution >= 0.6 is 0 Å². The molecule has 1 amide bonds. The highest BCUT2D eigenvalue weighted by Crippen LogP contribution is 2.01. The van der Waals surface area contributed by atoms with E-state index in [4.69, 9.17) is 15.7 Å². The van der Waals surface area contributed by atoms with Crippen LogP contribution in [0.5, 0.6) is 0 Å². The topological polar surface area (TPSA) is 162 Å². The van der Waals surface area contributed by atoms with Gasteiger partial charge in [0.15, 0.2) is 0 Å². The van der Waals surface area contributed by atoms with Gasteiger partial charge in [-0.25, -0.2) is 0 Å². The minimum absolute atomic E-state index is 0.125. The maximum Gasteiger partial charge on any atom is 0.317 e. The molecule has 1 rings (SSSR count). The minimum atomic E-state index is -0.941. The predicted molar refractivity (Wildman–Crippen MR) is 96.2 cm³/mol. The largest absolute Gasteiger partial charge is 0.480 e. The summed E-state index contributed by atoms with van der Waals surface area (Å²) < 4.78 is 0. The highest BCUT2D eigenvalue weighted by molar-refractivity contribution is 5.78. The van der Waals surface area contributed by atoms with E-state index in [-0.39, 0.29) is 25.5 Å². The zero-order chi connectivity index (χ0) is 20.1. The number of carbonyl (C=O) groups is 3. The molecule has 0 spiro atoms. The van der Waals surface area contributed by atoms with Gasteiger partial charge in [0, 0.05) is 57.3 Å². The van der Waals surface area contributed by atoms with E-state index in [0.29, 0.717) is 58.8 Å². The average Bonchev–Trinajstić information content (AvgIpc) is 2.67. The number of carboxylic acid groups (broad SMARTS) is 2. The van der Waals surface area contributed by atoms with Crippen LogP contribution in [0.25, 0.3) is 10.4 Å². The molecule has 0 saturated carbocycles. The van der Waals surface area contributed by atoms with Gasteiger partial charge in [-0.05, 0) is 12.0 Å². The summed E-state index contributed by atoms with van der Waals surface area (Å²) in [7, 11) is 0. The standard InChI is InChI=1S/C15H27N7O5/c16-19-18-3-1-2-17-13(23)10-20-4-6-21(11-14(24)25)8-9-22(7-5-20)12-15(26)27/h1-12H2,(H,17,23)(H,24,25)(H,26,27). The van der Waals surface area contributed by atoms with Crippen LogP contribution in [0, 0.1) is 0 Å². The lowest BCUT2D eigenvalue weighted by Crippen LogP contribution is -2.43. The van der Waals surface area contributed by atoms with Crippen molar-refractivity contribution in [3.8, 4) is 0 Å². The van der Waals surface area contributed by atoms with Crippen molar-refractivity contribution in [1.29, 1.82) is 0 Å². The molecule has 0 aliphatic carbocycles. The number of amides is 1. The van der Waals surface area contributed by atoms with Crippen LogP contribution in [-0.2, 0) is 14.4 Å². The normalized spacial score (nSPS) is 17.2. The van der Waals surface area contributed by atoms with Crippen molar-refractivity contribution in [3.63, 3.8) is 0 Å². The number of nitrogens with zero attached hydrogens (tertiary/aromatic N) is 6. The summed E-state index contributed by atoms with van der Waals surface area (Å²) in [6.07, 6.45) is 0.550. The van der Waals surface area contributed by atoms with Crippen LogP contribution in [0.3, 0.4) is 0 Å². The summed E-state index contributed by atoms with van der Waals surface area (Å²) in [6, 6.07) is 0. The Morgan fingerprint density at radius 1 is 0.889 bits per heavy atom. The molecule has 3 N–H and O–H groups in total. The van der Waals surface area contributed by atoms with Crippen LogP contribution in [0.15, 0.2) is 5.11 Å². The highest BCUT2D eigenvalue weighted by atomic mass is 16.4. The summed E-state index contributed by atoms with van der Waals surface area (Å²) in [5.41, 5.74) is 8.20. The summed E-state index contributed by atoms with van der Waals surface area (Å²) in [5, 5.41) is 24.2. The van der Waals surface area contributed by atoms with E-state index in [9.17, 15) is 14.4 Å². The van der Waals surface area contributed by atoms with Crippen LogP contribution in [0.2, 0.25) is 0 Å². The van der Waals surface area contributed by atoms with Gasteiger partial charge in [-0.3, -0.25) is 29.1 Å². The molecule has 27 heavy (non-hydrogen) atoms. The number of carboxylic acids is 2. The summed E-state index contributed by atoms with van der Waals surface area (Å²) >= 11 is 0. The lowest BCUT2D eigenvalue weighted by molar-refractivity contribution is -0.140. The van der Waals surface area contributed by atoms with Gasteiger partial charge in [0.1, 0.15) is 0 Å². The number of hydrogen-bond acceptors (Lipinski definition) is 7. The fourth-order valence-corrected chi connectivity index (χ4v) is 2.72. The van der Waals surface area contributed by atoms with Crippen LogP contribution in [-0.4, -0.2) is 115 Å². The molecule has 12 nitrogen and oxygen atoms in total. The van der Waals surface area contributed by atoms with Gasteiger partial charge in [-0.1, -0.05) is 5.11 Å². The maximum absolute atomic E-state index is 12.1. The lowest BCUT2D eigenvalue weighted by atomic mass is 10.3. The Morgan fingerprint density at radius 3 is 1.74 bits per heavy atom. The first kappa shape index (κ1) is 22.6. The quantitative estimate of drug-likeness (QED) is 0.184. The van der Waals surface area contributed by atoms with Crippen LogP contribution < -0.4 is 5.32 Å². The second-order valence-electron chi connectivity index (χ2n) is 6.27. The van der Waals surface area contributed by atoms with E-state index in [1.807, 2.05) is 4.90 Å². The van der Waals surface area contributed by atoms with E-state index >= 15 is 0 Å². The number of hydrogen-bond donors (Lipinski definition) is 3. The Kier molecular flexibility index (Phi) is 10.8. The first-order valence-electron chi connectivity index (χ1n) is 8.79. The Bertz CT molecular complexity index is 525. The smallest absolute Gasteiger partial charge is 0.317 e. The van der Waals surface area contributed by atoms with Crippen molar-refractivity contribution in [2.45, 2.75) is 6.42 Å². The van der Waals surface area contributed by atoms with Gasteiger partial charge < -0.3 is 15.5 Å². The number of carbonyl (C=O) groups excluding carboxylic acids is 1. The van der Waals surface area contributed by atoms with E-state index in [2.05, 4.69) is 15.3 Å². The molecule has 0 atom stereocenters. The molecule has 1 saturated heterocycles. The van der Waals surface area contributed by atoms with E-state index in [1.165, 1.54) is 0 Å². The molecule has 0 aromatic heterocycles. The lowest BCUT2D eigenvalue weighted by Gasteiger charge is -2.24. The molecule has 0 unspecified atom stereocenters. The zero-order valence-corrected chi connectivity index (χ0v) is 15.3. The summed E-state index contributed by atoms with van der Waals surface area (Å²) in [6.45, 7) is 3.52. The van der Waals surface area contributed by atoms with Gasteiger partial charge in [0.2, 0.25) is 5.91 Å². The van der Waals surface area contributed by atoms with Gasteiger partial charge in [0.25, 0.3) is 0 Å². The summed E-state index contributed by atoms with van der Waals surface area (Å²) in [4.78, 5) is 42.1. The van der Waals surface area contributed by atoms with Crippen molar-refractivity contribution >= 4 is 17.8 Å².